The summed E-state index contributed by atoms with van der Waals surface area (Å²) in [7, 11) is 5.74. The van der Waals surface area contributed by atoms with E-state index in [9.17, 15) is 4.79 Å². The Kier molecular flexibility index (Phi) is 7.29. The summed E-state index contributed by atoms with van der Waals surface area (Å²) in [6, 6.07) is 8.22. The Morgan fingerprint density at radius 3 is 2.57 bits per heavy atom. The molecule has 0 bridgehead atoms. The normalized spacial score (nSPS) is 14.1. The first-order chi connectivity index (χ1) is 14.4. The average Bonchev–Trinajstić information content (AvgIpc) is 3.24. The molecule has 2 heterocycles. The summed E-state index contributed by atoms with van der Waals surface area (Å²) in [4.78, 5) is 22.7. The first kappa shape index (κ1) is 22.1. The molecule has 0 unspecified atom stereocenters. The summed E-state index contributed by atoms with van der Waals surface area (Å²) in [5.41, 5.74) is 2.62. The molecule has 0 saturated carbocycles. The monoisotopic (exact) mass is 441 g/mol. The maximum absolute atomic E-state index is 12.3. The minimum absolute atomic E-state index is 0.126. The van der Waals surface area contributed by atoms with Crippen LogP contribution in [0.5, 0.6) is 0 Å². The van der Waals surface area contributed by atoms with Gasteiger partial charge in [-0.3, -0.25) is 4.79 Å². The molecule has 0 radical (unpaired) electrons. The molecular formula is C22H27N5OS2. The molecule has 1 amide bonds. The number of terminal acetylenes is 1. The lowest BCUT2D eigenvalue weighted by molar-refractivity contribution is 0.0807. The number of hydrogen-bond donors (Lipinski definition) is 1. The molecule has 1 fully saturated rings. The van der Waals surface area contributed by atoms with E-state index < -0.39 is 0 Å². The van der Waals surface area contributed by atoms with Gasteiger partial charge in [0.25, 0.3) is 5.91 Å². The van der Waals surface area contributed by atoms with Crippen LogP contribution in [0.4, 0.5) is 11.4 Å². The fourth-order valence-corrected chi connectivity index (χ4v) is 4.62. The quantitative estimate of drug-likeness (QED) is 0.566. The number of thiazole rings is 1. The van der Waals surface area contributed by atoms with Crippen molar-refractivity contribution >= 4 is 45.9 Å². The molecule has 1 aliphatic rings. The van der Waals surface area contributed by atoms with E-state index in [-0.39, 0.29) is 12.5 Å². The number of rotatable bonds is 5. The number of piperidine rings is 1. The number of nitrogens with one attached hydrogen (secondary N) is 1. The highest BCUT2D eigenvalue weighted by Gasteiger charge is 2.25. The van der Waals surface area contributed by atoms with Crippen molar-refractivity contribution in [2.75, 3.05) is 51.0 Å². The summed E-state index contributed by atoms with van der Waals surface area (Å²) >= 11 is 7.17. The zero-order valence-electron chi connectivity index (χ0n) is 17.6. The molecule has 3 rings (SSSR count). The number of benzene rings is 1. The zero-order chi connectivity index (χ0) is 21.7. The highest BCUT2D eigenvalue weighted by atomic mass is 32.1. The molecule has 1 N–H and O–H groups in total. The fourth-order valence-electron chi connectivity index (χ4n) is 3.35. The third-order valence-corrected chi connectivity index (χ3v) is 6.55. The summed E-state index contributed by atoms with van der Waals surface area (Å²) in [5.74, 6) is 2.71. The number of aromatic nitrogens is 1. The van der Waals surface area contributed by atoms with Crippen LogP contribution in [0.3, 0.4) is 0 Å². The van der Waals surface area contributed by atoms with Crippen LogP contribution in [0.15, 0.2) is 29.6 Å². The van der Waals surface area contributed by atoms with Crippen LogP contribution in [-0.2, 0) is 0 Å². The van der Waals surface area contributed by atoms with Crippen molar-refractivity contribution in [3.8, 4) is 12.3 Å². The first-order valence-electron chi connectivity index (χ1n) is 9.86. The lowest BCUT2D eigenvalue weighted by Gasteiger charge is -2.33. The standard InChI is InChI=1S/C22H27N5OS2/c1-5-12-26(4)21(28)19-15-30-20(24-19)16-10-13-27(14-11-16)22(29)23-17-6-8-18(9-7-17)25(2)3/h1,6-9,15-16H,10-14H2,2-4H3,(H,23,29). The number of hydrogen-bond acceptors (Lipinski definition) is 5. The van der Waals surface area contributed by atoms with Crippen molar-refractivity contribution in [3.63, 3.8) is 0 Å². The Morgan fingerprint density at radius 1 is 1.30 bits per heavy atom. The molecule has 0 atom stereocenters. The Hall–Kier alpha value is -2.63. The van der Waals surface area contributed by atoms with E-state index in [1.807, 2.05) is 31.6 Å². The largest absolute Gasteiger partial charge is 0.378 e. The highest BCUT2D eigenvalue weighted by molar-refractivity contribution is 7.80. The van der Waals surface area contributed by atoms with E-state index >= 15 is 0 Å². The van der Waals surface area contributed by atoms with E-state index in [2.05, 4.69) is 38.2 Å². The summed E-state index contributed by atoms with van der Waals surface area (Å²) in [6.45, 7) is 2.02. The lowest BCUT2D eigenvalue weighted by atomic mass is 9.98. The molecular weight excluding hydrogens is 414 g/mol. The van der Waals surface area contributed by atoms with Crippen LogP contribution < -0.4 is 10.2 Å². The topological polar surface area (TPSA) is 51.7 Å². The second-order valence-corrected chi connectivity index (χ2v) is 8.85. The molecule has 1 saturated heterocycles. The van der Waals surface area contributed by atoms with Gasteiger partial charge in [0, 0.05) is 56.9 Å². The minimum atomic E-state index is -0.126. The van der Waals surface area contributed by atoms with E-state index in [1.54, 1.807) is 18.4 Å². The van der Waals surface area contributed by atoms with Crippen LogP contribution in [0.1, 0.15) is 34.3 Å². The van der Waals surface area contributed by atoms with E-state index in [0.29, 0.717) is 11.6 Å². The number of anilines is 2. The number of amides is 1. The van der Waals surface area contributed by atoms with Crippen LogP contribution in [0.25, 0.3) is 0 Å². The van der Waals surface area contributed by atoms with Gasteiger partial charge in [-0.2, -0.15) is 0 Å². The van der Waals surface area contributed by atoms with Crippen molar-refractivity contribution in [1.29, 1.82) is 0 Å². The van der Waals surface area contributed by atoms with E-state index in [0.717, 1.165) is 47.4 Å². The van der Waals surface area contributed by atoms with Gasteiger partial charge >= 0.3 is 0 Å². The molecule has 1 aliphatic heterocycles. The van der Waals surface area contributed by atoms with Gasteiger partial charge in [-0.05, 0) is 49.3 Å². The minimum Gasteiger partial charge on any atom is -0.378 e. The maximum Gasteiger partial charge on any atom is 0.273 e. The third-order valence-electron chi connectivity index (χ3n) is 5.18. The van der Waals surface area contributed by atoms with Crippen LogP contribution >= 0.6 is 23.6 Å². The van der Waals surface area contributed by atoms with Crippen molar-refractivity contribution in [1.82, 2.24) is 14.8 Å². The number of carbonyl (C=O) groups excluding carboxylic acids is 1. The van der Waals surface area contributed by atoms with Crippen LogP contribution in [-0.4, -0.2) is 66.6 Å². The predicted octanol–water partition coefficient (Wildman–Crippen LogP) is 3.49. The Morgan fingerprint density at radius 2 is 1.97 bits per heavy atom. The molecule has 0 spiro atoms. The smallest absolute Gasteiger partial charge is 0.273 e. The van der Waals surface area contributed by atoms with Crippen molar-refractivity contribution in [2.24, 2.45) is 0 Å². The van der Waals surface area contributed by atoms with Gasteiger partial charge < -0.3 is 20.0 Å². The van der Waals surface area contributed by atoms with Crippen LogP contribution in [0.2, 0.25) is 0 Å². The SMILES string of the molecule is C#CCN(C)C(=O)c1csc(C2CCN(C(=S)Nc3ccc(N(C)C)cc3)CC2)n1. The van der Waals surface area contributed by atoms with Gasteiger partial charge in [0.1, 0.15) is 5.69 Å². The fraction of sp³-hybridized carbons (Fsp3) is 0.409. The molecule has 8 heteroatoms. The molecule has 2 aromatic rings. The number of nitrogens with zero attached hydrogens (tertiary/aromatic N) is 4. The number of likely N-dealkylation sites (tertiary alicyclic amines) is 1. The number of thiocarbonyl (C=S) groups is 1. The van der Waals surface area contributed by atoms with Crippen molar-refractivity contribution < 1.29 is 4.79 Å². The second-order valence-electron chi connectivity index (χ2n) is 7.57. The predicted molar refractivity (Wildman–Crippen MR) is 128 cm³/mol. The summed E-state index contributed by atoms with van der Waals surface area (Å²) in [6.07, 6.45) is 7.21. The Bertz CT molecular complexity index is 924. The van der Waals surface area contributed by atoms with Gasteiger partial charge in [0.05, 0.1) is 11.6 Å². The second kappa shape index (κ2) is 9.92. The molecule has 30 heavy (non-hydrogen) atoms. The molecule has 158 valence electrons. The van der Waals surface area contributed by atoms with Gasteiger partial charge in [-0.25, -0.2) is 4.98 Å². The summed E-state index contributed by atoms with van der Waals surface area (Å²) < 4.78 is 0. The molecule has 1 aromatic carbocycles. The van der Waals surface area contributed by atoms with Crippen molar-refractivity contribution in [2.45, 2.75) is 18.8 Å². The average molecular weight is 442 g/mol. The number of carbonyl (C=O) groups is 1. The molecule has 1 aromatic heterocycles. The zero-order valence-corrected chi connectivity index (χ0v) is 19.2. The third kappa shape index (κ3) is 5.29. The summed E-state index contributed by atoms with van der Waals surface area (Å²) in [5, 5.41) is 6.94. The van der Waals surface area contributed by atoms with Gasteiger partial charge in [-0.1, -0.05) is 5.92 Å². The van der Waals surface area contributed by atoms with Gasteiger partial charge in [0.15, 0.2) is 5.11 Å². The Balaban J connectivity index is 1.53. The lowest BCUT2D eigenvalue weighted by Crippen LogP contribution is -2.40. The first-order valence-corrected chi connectivity index (χ1v) is 11.2. The van der Waals surface area contributed by atoms with Crippen LogP contribution in [0, 0.1) is 12.3 Å². The van der Waals surface area contributed by atoms with Gasteiger partial charge in [0.2, 0.25) is 0 Å². The Labute approximate surface area is 187 Å². The molecule has 6 nitrogen and oxygen atoms in total. The van der Waals surface area contributed by atoms with Gasteiger partial charge in [-0.15, -0.1) is 17.8 Å². The van der Waals surface area contributed by atoms with E-state index in [4.69, 9.17) is 18.6 Å². The maximum atomic E-state index is 12.3. The highest BCUT2D eigenvalue weighted by Crippen LogP contribution is 2.31. The molecule has 0 aliphatic carbocycles. The van der Waals surface area contributed by atoms with E-state index in [1.165, 1.54) is 4.90 Å². The van der Waals surface area contributed by atoms with Crippen molar-refractivity contribution in [3.05, 3.63) is 40.3 Å².